The minimum Gasteiger partial charge on any atom is -0.461 e. The third kappa shape index (κ3) is 3.26. The van der Waals surface area contributed by atoms with Crippen molar-refractivity contribution in [3.8, 4) is 0 Å². The number of carbonyl (C=O) groups excluding carboxylic acids is 3. The zero-order valence-corrected chi connectivity index (χ0v) is 13.1. The molecule has 0 unspecified atom stereocenters. The molecule has 0 aromatic carbocycles. The third-order valence-electron chi connectivity index (χ3n) is 2.88. The molecule has 8 heteroatoms. The molecule has 0 N–H and O–H groups in total. The van der Waals surface area contributed by atoms with Gasteiger partial charge in [0.15, 0.2) is 5.69 Å². The predicted molar refractivity (Wildman–Crippen MR) is 75.5 cm³/mol. The Kier molecular flexibility index (Phi) is 4.20. The van der Waals surface area contributed by atoms with Gasteiger partial charge in [0, 0.05) is 6.07 Å². The minimum absolute atomic E-state index is 0.0521. The van der Waals surface area contributed by atoms with Gasteiger partial charge < -0.3 is 9.47 Å². The van der Waals surface area contributed by atoms with E-state index in [-0.39, 0.29) is 24.5 Å². The number of hydrogen-bond donors (Lipinski definition) is 0. The Labute approximate surface area is 128 Å². The van der Waals surface area contributed by atoms with Crippen LogP contribution in [0.5, 0.6) is 0 Å². The SMILES string of the molecule is CCOC(=O)c1cc2n(n1)CCN(C(=O)OC(C)(C)C)C2=O. The lowest BCUT2D eigenvalue weighted by Gasteiger charge is -2.28. The summed E-state index contributed by atoms with van der Waals surface area (Å²) in [4.78, 5) is 37.1. The number of nitrogens with zero attached hydrogens (tertiary/aromatic N) is 3. The van der Waals surface area contributed by atoms with Crippen LogP contribution < -0.4 is 0 Å². The van der Waals surface area contributed by atoms with E-state index in [0.717, 1.165) is 4.90 Å². The fourth-order valence-corrected chi connectivity index (χ4v) is 1.99. The van der Waals surface area contributed by atoms with Crippen LogP contribution in [0.4, 0.5) is 4.79 Å². The lowest BCUT2D eigenvalue weighted by Crippen LogP contribution is -2.46. The van der Waals surface area contributed by atoms with Gasteiger partial charge in [-0.1, -0.05) is 0 Å². The van der Waals surface area contributed by atoms with E-state index in [9.17, 15) is 14.4 Å². The molecule has 2 amide bonds. The number of imide groups is 1. The number of hydrogen-bond acceptors (Lipinski definition) is 6. The number of amides is 2. The minimum atomic E-state index is -0.706. The van der Waals surface area contributed by atoms with E-state index in [1.807, 2.05) is 0 Å². The van der Waals surface area contributed by atoms with Crippen LogP contribution in [0.2, 0.25) is 0 Å². The maximum Gasteiger partial charge on any atom is 0.417 e. The van der Waals surface area contributed by atoms with Gasteiger partial charge in [-0.25, -0.2) is 14.5 Å². The van der Waals surface area contributed by atoms with Crippen LogP contribution >= 0.6 is 0 Å². The predicted octanol–water partition coefficient (Wildman–Crippen LogP) is 1.45. The van der Waals surface area contributed by atoms with Crippen molar-refractivity contribution >= 4 is 18.0 Å². The molecule has 120 valence electrons. The summed E-state index contributed by atoms with van der Waals surface area (Å²) < 4.78 is 11.4. The second kappa shape index (κ2) is 5.78. The second-order valence-corrected chi connectivity index (χ2v) is 5.80. The standard InChI is InChI=1S/C14H19N3O5/c1-5-21-12(19)9-8-10-11(18)16(6-7-17(10)15-9)13(20)22-14(2,3)4/h8H,5-7H2,1-4H3. The number of fused-ring (bicyclic) bond motifs is 1. The molecule has 2 rings (SSSR count). The van der Waals surface area contributed by atoms with Crippen LogP contribution in [0.1, 0.15) is 48.7 Å². The van der Waals surface area contributed by atoms with Crippen LogP contribution in [0, 0.1) is 0 Å². The Morgan fingerprint density at radius 1 is 1.32 bits per heavy atom. The smallest absolute Gasteiger partial charge is 0.417 e. The number of carbonyl (C=O) groups is 3. The number of esters is 1. The summed E-state index contributed by atoms with van der Waals surface area (Å²) >= 11 is 0. The summed E-state index contributed by atoms with van der Waals surface area (Å²) in [6.45, 7) is 7.53. The number of aromatic nitrogens is 2. The van der Waals surface area contributed by atoms with E-state index in [4.69, 9.17) is 9.47 Å². The number of ether oxygens (including phenoxy) is 2. The van der Waals surface area contributed by atoms with E-state index < -0.39 is 23.6 Å². The van der Waals surface area contributed by atoms with E-state index in [1.54, 1.807) is 27.7 Å². The van der Waals surface area contributed by atoms with E-state index in [2.05, 4.69) is 5.10 Å². The Hall–Kier alpha value is -2.38. The first-order valence-electron chi connectivity index (χ1n) is 7.02. The summed E-state index contributed by atoms with van der Waals surface area (Å²) in [6.07, 6.45) is -0.706. The summed E-state index contributed by atoms with van der Waals surface area (Å²) in [5.41, 5.74) is -0.470. The highest BCUT2D eigenvalue weighted by atomic mass is 16.6. The van der Waals surface area contributed by atoms with Gasteiger partial charge in [-0.15, -0.1) is 0 Å². The van der Waals surface area contributed by atoms with Crippen molar-refractivity contribution in [1.82, 2.24) is 14.7 Å². The highest BCUT2D eigenvalue weighted by molar-refractivity contribution is 6.03. The molecule has 1 aromatic rings. The van der Waals surface area contributed by atoms with Crippen LogP contribution in [0.3, 0.4) is 0 Å². The molecule has 0 fully saturated rings. The maximum absolute atomic E-state index is 12.3. The van der Waals surface area contributed by atoms with Gasteiger partial charge in [0.25, 0.3) is 5.91 Å². The Balaban J connectivity index is 2.19. The molecule has 0 saturated heterocycles. The summed E-state index contributed by atoms with van der Waals surface area (Å²) in [5, 5.41) is 4.03. The maximum atomic E-state index is 12.3. The molecule has 1 aromatic heterocycles. The molecular formula is C14H19N3O5. The van der Waals surface area contributed by atoms with E-state index in [1.165, 1.54) is 10.7 Å². The Morgan fingerprint density at radius 3 is 2.59 bits per heavy atom. The van der Waals surface area contributed by atoms with E-state index in [0.29, 0.717) is 6.54 Å². The Morgan fingerprint density at radius 2 is 2.00 bits per heavy atom. The van der Waals surface area contributed by atoms with Crippen molar-refractivity contribution in [2.24, 2.45) is 0 Å². The molecule has 2 heterocycles. The molecule has 1 aliphatic heterocycles. The van der Waals surface area contributed by atoms with Crippen molar-refractivity contribution in [2.75, 3.05) is 13.2 Å². The highest BCUT2D eigenvalue weighted by Crippen LogP contribution is 2.17. The van der Waals surface area contributed by atoms with Crippen LogP contribution in [0.25, 0.3) is 0 Å². The third-order valence-corrected chi connectivity index (χ3v) is 2.88. The lowest BCUT2D eigenvalue weighted by molar-refractivity contribution is 0.0208. The first-order chi connectivity index (χ1) is 10.2. The first-order valence-corrected chi connectivity index (χ1v) is 7.02. The topological polar surface area (TPSA) is 90.7 Å². The average molecular weight is 309 g/mol. The largest absolute Gasteiger partial charge is 0.461 e. The molecule has 1 aliphatic rings. The van der Waals surface area contributed by atoms with Crippen molar-refractivity contribution in [3.63, 3.8) is 0 Å². The quantitative estimate of drug-likeness (QED) is 0.768. The van der Waals surface area contributed by atoms with Crippen LogP contribution in [-0.4, -0.2) is 51.4 Å². The molecule has 0 bridgehead atoms. The van der Waals surface area contributed by atoms with Gasteiger partial charge in [-0.2, -0.15) is 5.10 Å². The molecule has 0 saturated carbocycles. The van der Waals surface area contributed by atoms with Gasteiger partial charge in [0.2, 0.25) is 0 Å². The second-order valence-electron chi connectivity index (χ2n) is 5.80. The van der Waals surface area contributed by atoms with Gasteiger partial charge in [0.1, 0.15) is 11.3 Å². The summed E-state index contributed by atoms with van der Waals surface area (Å²) in [6, 6.07) is 1.33. The molecule has 0 atom stereocenters. The molecule has 0 radical (unpaired) electrons. The fourth-order valence-electron chi connectivity index (χ4n) is 1.99. The zero-order valence-electron chi connectivity index (χ0n) is 13.1. The summed E-state index contributed by atoms with van der Waals surface area (Å²) in [7, 11) is 0. The van der Waals surface area contributed by atoms with Crippen LogP contribution in [-0.2, 0) is 16.0 Å². The fraction of sp³-hybridized carbons (Fsp3) is 0.571. The molecule has 8 nitrogen and oxygen atoms in total. The molecule has 0 spiro atoms. The first kappa shape index (κ1) is 16.0. The van der Waals surface area contributed by atoms with Crippen molar-refractivity contribution in [2.45, 2.75) is 39.8 Å². The average Bonchev–Trinajstić information content (AvgIpc) is 2.82. The van der Waals surface area contributed by atoms with Crippen molar-refractivity contribution in [1.29, 1.82) is 0 Å². The van der Waals surface area contributed by atoms with Crippen molar-refractivity contribution in [3.05, 3.63) is 17.5 Å². The van der Waals surface area contributed by atoms with Crippen molar-refractivity contribution < 1.29 is 23.9 Å². The van der Waals surface area contributed by atoms with Gasteiger partial charge in [-0.3, -0.25) is 9.48 Å². The summed E-state index contributed by atoms with van der Waals surface area (Å²) in [5.74, 6) is -1.13. The van der Waals surface area contributed by atoms with E-state index >= 15 is 0 Å². The monoisotopic (exact) mass is 309 g/mol. The van der Waals surface area contributed by atoms with Gasteiger partial charge >= 0.3 is 12.1 Å². The highest BCUT2D eigenvalue weighted by Gasteiger charge is 2.34. The van der Waals surface area contributed by atoms with Gasteiger partial charge in [-0.05, 0) is 27.7 Å². The Bertz CT molecular complexity index is 614. The van der Waals surface area contributed by atoms with Crippen LogP contribution in [0.15, 0.2) is 6.07 Å². The molecule has 0 aliphatic carbocycles. The molecule has 22 heavy (non-hydrogen) atoms. The molecular weight excluding hydrogens is 290 g/mol. The normalized spacial score (nSPS) is 14.5. The zero-order chi connectivity index (χ0) is 16.5. The van der Waals surface area contributed by atoms with Gasteiger partial charge in [0.05, 0.1) is 19.7 Å². The lowest BCUT2D eigenvalue weighted by atomic mass is 10.2. The number of rotatable bonds is 2.